The number of aryl methyl sites for hydroxylation is 2. The van der Waals surface area contributed by atoms with E-state index in [0.29, 0.717) is 6.04 Å². The van der Waals surface area contributed by atoms with Crippen LogP contribution in [0.1, 0.15) is 45.7 Å². The van der Waals surface area contributed by atoms with Gasteiger partial charge in [0.05, 0.1) is 16.0 Å². The van der Waals surface area contributed by atoms with Crippen LogP contribution in [0.15, 0.2) is 0 Å². The maximum absolute atomic E-state index is 9.71. The summed E-state index contributed by atoms with van der Waals surface area (Å²) in [6, 6.07) is 0.353. The number of hydrogen-bond acceptors (Lipinski definition) is 5. The zero-order valence-corrected chi connectivity index (χ0v) is 13.7. The molecule has 0 unspecified atom stereocenters. The number of rotatable bonds is 6. The summed E-state index contributed by atoms with van der Waals surface area (Å²) in [5, 5.41) is 18.5. The smallest absolute Gasteiger partial charge is 0.185 e. The summed E-state index contributed by atoms with van der Waals surface area (Å²) in [6.45, 7) is 7.88. The second-order valence-electron chi connectivity index (χ2n) is 6.13. The zero-order chi connectivity index (χ0) is 14.9. The zero-order valence-electron chi connectivity index (χ0n) is 12.9. The highest BCUT2D eigenvalue weighted by atomic mass is 32.1. The fraction of sp³-hybridized carbons (Fsp3) is 0.714. The molecule has 0 bridgehead atoms. The Morgan fingerprint density at radius 2 is 2.15 bits per heavy atom. The van der Waals surface area contributed by atoms with E-state index in [1.807, 2.05) is 32.5 Å². The molecule has 1 atom stereocenters. The van der Waals surface area contributed by atoms with E-state index in [2.05, 4.69) is 22.3 Å². The minimum Gasteiger partial charge on any atom is -0.390 e. The van der Waals surface area contributed by atoms with E-state index in [1.165, 1.54) is 0 Å². The Morgan fingerprint density at radius 3 is 2.75 bits per heavy atom. The Balaban J connectivity index is 1.93. The van der Waals surface area contributed by atoms with Crippen LogP contribution in [0, 0.1) is 6.92 Å². The summed E-state index contributed by atoms with van der Waals surface area (Å²) in [6.07, 6.45) is 2.85. The van der Waals surface area contributed by atoms with Crippen molar-refractivity contribution in [3.05, 3.63) is 5.69 Å². The SMILES string of the molecule is Cc1nn(C)c2nc(N[C@H](C)CCCC(C)(C)O)sc12. The van der Waals surface area contributed by atoms with E-state index in [1.54, 1.807) is 11.3 Å². The Morgan fingerprint density at radius 1 is 1.45 bits per heavy atom. The number of thiazole rings is 1. The molecule has 0 aliphatic carbocycles. The number of nitrogens with zero attached hydrogens (tertiary/aromatic N) is 3. The average molecular weight is 296 g/mol. The van der Waals surface area contributed by atoms with E-state index < -0.39 is 5.60 Å². The number of anilines is 1. The molecule has 0 radical (unpaired) electrons. The molecule has 0 amide bonds. The third-order valence-electron chi connectivity index (χ3n) is 3.34. The van der Waals surface area contributed by atoms with E-state index in [4.69, 9.17) is 0 Å². The molecule has 0 fully saturated rings. The minimum absolute atomic E-state index is 0.353. The van der Waals surface area contributed by atoms with Crippen molar-refractivity contribution >= 4 is 26.8 Å². The third kappa shape index (κ3) is 3.70. The van der Waals surface area contributed by atoms with E-state index in [-0.39, 0.29) is 0 Å². The molecule has 2 aromatic heterocycles. The molecule has 2 aromatic rings. The Bertz CT molecular complexity index is 547. The van der Waals surface area contributed by atoms with Gasteiger partial charge in [0, 0.05) is 13.1 Å². The second kappa shape index (κ2) is 5.69. The van der Waals surface area contributed by atoms with Crippen LogP contribution in [0.3, 0.4) is 0 Å². The predicted octanol–water partition coefficient (Wildman–Crippen LogP) is 3.08. The van der Waals surface area contributed by atoms with Gasteiger partial charge in [0.15, 0.2) is 10.8 Å². The Labute approximate surface area is 124 Å². The molecule has 112 valence electrons. The van der Waals surface area contributed by atoms with Crippen molar-refractivity contribution in [2.24, 2.45) is 7.05 Å². The van der Waals surface area contributed by atoms with Gasteiger partial charge in [-0.15, -0.1) is 0 Å². The maximum Gasteiger partial charge on any atom is 0.185 e. The van der Waals surface area contributed by atoms with Crippen LogP contribution >= 0.6 is 11.3 Å². The largest absolute Gasteiger partial charge is 0.390 e. The van der Waals surface area contributed by atoms with Crippen molar-refractivity contribution in [1.82, 2.24) is 14.8 Å². The molecular formula is C14H24N4OS. The molecule has 6 heteroatoms. The van der Waals surface area contributed by atoms with Crippen LogP contribution in [-0.2, 0) is 7.05 Å². The van der Waals surface area contributed by atoms with Gasteiger partial charge in [-0.2, -0.15) is 5.10 Å². The number of aliphatic hydroxyl groups is 1. The number of nitrogens with one attached hydrogen (secondary N) is 1. The van der Waals surface area contributed by atoms with Crippen LogP contribution in [0.4, 0.5) is 5.13 Å². The minimum atomic E-state index is -0.571. The monoisotopic (exact) mass is 296 g/mol. The number of hydrogen-bond donors (Lipinski definition) is 2. The van der Waals surface area contributed by atoms with Gasteiger partial charge in [-0.1, -0.05) is 11.3 Å². The van der Waals surface area contributed by atoms with Crippen LogP contribution in [0.25, 0.3) is 10.3 Å². The molecule has 0 saturated heterocycles. The first kappa shape index (κ1) is 15.3. The molecule has 0 saturated carbocycles. The van der Waals surface area contributed by atoms with Crippen LogP contribution < -0.4 is 5.32 Å². The highest BCUT2D eigenvalue weighted by Gasteiger charge is 2.15. The lowest BCUT2D eigenvalue weighted by atomic mass is 10.00. The molecule has 0 aromatic carbocycles. The molecule has 5 nitrogen and oxygen atoms in total. The summed E-state index contributed by atoms with van der Waals surface area (Å²) in [7, 11) is 1.92. The van der Waals surface area contributed by atoms with Crippen LogP contribution in [-0.4, -0.2) is 31.5 Å². The van der Waals surface area contributed by atoms with E-state index in [9.17, 15) is 5.11 Å². The van der Waals surface area contributed by atoms with Crippen molar-refractivity contribution in [2.75, 3.05) is 5.32 Å². The fourth-order valence-corrected chi connectivity index (χ4v) is 3.31. The molecule has 2 heterocycles. The number of fused-ring (bicyclic) bond motifs is 1. The molecule has 2 N–H and O–H groups in total. The summed E-state index contributed by atoms with van der Waals surface area (Å²) in [5.74, 6) is 0. The van der Waals surface area contributed by atoms with Crippen LogP contribution in [0.5, 0.6) is 0 Å². The first-order valence-electron chi connectivity index (χ1n) is 7.05. The highest BCUT2D eigenvalue weighted by molar-refractivity contribution is 7.22. The van der Waals surface area contributed by atoms with Gasteiger partial charge >= 0.3 is 0 Å². The van der Waals surface area contributed by atoms with Crippen molar-refractivity contribution in [3.63, 3.8) is 0 Å². The molecule has 0 spiro atoms. The van der Waals surface area contributed by atoms with Gasteiger partial charge in [-0.05, 0) is 47.0 Å². The van der Waals surface area contributed by atoms with E-state index in [0.717, 1.165) is 40.4 Å². The molecule has 0 aliphatic rings. The second-order valence-corrected chi connectivity index (χ2v) is 7.13. The van der Waals surface area contributed by atoms with Gasteiger partial charge in [-0.3, -0.25) is 0 Å². The summed E-state index contributed by atoms with van der Waals surface area (Å²) < 4.78 is 2.98. The van der Waals surface area contributed by atoms with Gasteiger partial charge in [0.2, 0.25) is 0 Å². The lowest BCUT2D eigenvalue weighted by Gasteiger charge is -2.18. The fourth-order valence-electron chi connectivity index (χ4n) is 2.27. The molecule has 2 rings (SSSR count). The Kier molecular flexibility index (Phi) is 4.34. The quantitative estimate of drug-likeness (QED) is 0.860. The first-order valence-corrected chi connectivity index (χ1v) is 7.87. The van der Waals surface area contributed by atoms with Gasteiger partial charge < -0.3 is 10.4 Å². The maximum atomic E-state index is 9.71. The normalized spacial score (nSPS) is 13.9. The standard InChI is InChI=1S/C14H24N4OS/c1-9(7-6-8-14(3,4)19)15-13-16-12-11(20-13)10(2)17-18(12)5/h9,19H,6-8H2,1-5H3,(H,15,16)/t9-/m1/s1. The highest BCUT2D eigenvalue weighted by Crippen LogP contribution is 2.28. The van der Waals surface area contributed by atoms with Crippen LogP contribution in [0.2, 0.25) is 0 Å². The number of aromatic nitrogens is 3. The van der Waals surface area contributed by atoms with Crippen molar-refractivity contribution in [3.8, 4) is 0 Å². The molecule has 0 aliphatic heterocycles. The van der Waals surface area contributed by atoms with Gasteiger partial charge in [-0.25, -0.2) is 9.67 Å². The summed E-state index contributed by atoms with van der Waals surface area (Å²) >= 11 is 1.66. The van der Waals surface area contributed by atoms with Crippen molar-refractivity contribution < 1.29 is 5.11 Å². The van der Waals surface area contributed by atoms with E-state index >= 15 is 0 Å². The van der Waals surface area contributed by atoms with Gasteiger partial charge in [0.1, 0.15) is 0 Å². The lowest BCUT2D eigenvalue weighted by Crippen LogP contribution is -2.20. The average Bonchev–Trinajstić information content (AvgIpc) is 2.80. The van der Waals surface area contributed by atoms with Crippen molar-refractivity contribution in [2.45, 2.75) is 58.6 Å². The topological polar surface area (TPSA) is 63.0 Å². The predicted molar refractivity (Wildman–Crippen MR) is 84.4 cm³/mol. The third-order valence-corrected chi connectivity index (χ3v) is 4.42. The summed E-state index contributed by atoms with van der Waals surface area (Å²) in [4.78, 5) is 4.59. The lowest BCUT2D eigenvalue weighted by molar-refractivity contribution is 0.0680. The molecular weight excluding hydrogens is 272 g/mol. The summed E-state index contributed by atoms with van der Waals surface area (Å²) in [5.41, 5.74) is 1.40. The first-order chi connectivity index (χ1) is 9.26. The Hall–Kier alpha value is -1.14. The molecule has 20 heavy (non-hydrogen) atoms. The van der Waals surface area contributed by atoms with Gasteiger partial charge in [0.25, 0.3) is 0 Å². The van der Waals surface area contributed by atoms with Crippen molar-refractivity contribution in [1.29, 1.82) is 0 Å².